The van der Waals surface area contributed by atoms with Crippen LogP contribution < -0.4 is 5.32 Å². The number of carboxylic acid groups (broad SMARTS) is 1. The highest BCUT2D eigenvalue weighted by Crippen LogP contribution is 2.51. The molecule has 7 nitrogen and oxygen atoms in total. The van der Waals surface area contributed by atoms with Crippen LogP contribution in [-0.2, 0) is 19.2 Å². The van der Waals surface area contributed by atoms with Crippen LogP contribution in [0.15, 0.2) is 36.0 Å². The quantitative estimate of drug-likeness (QED) is 0.212. The van der Waals surface area contributed by atoms with Gasteiger partial charge in [0.2, 0.25) is 0 Å². The Labute approximate surface area is 195 Å². The van der Waals surface area contributed by atoms with Crippen molar-refractivity contribution < 1.29 is 29.4 Å². The number of Topliss-reactive ketones (excluding diaryl/α,β-unsaturated/α-hetero) is 1. The highest BCUT2D eigenvalue weighted by atomic mass is 16.4. The van der Waals surface area contributed by atoms with E-state index in [-0.39, 0.29) is 29.4 Å². The van der Waals surface area contributed by atoms with E-state index < -0.39 is 52.8 Å². The monoisotopic (exact) mass is 457 g/mol. The van der Waals surface area contributed by atoms with E-state index in [1.807, 2.05) is 13.8 Å². The van der Waals surface area contributed by atoms with Crippen LogP contribution in [0.1, 0.15) is 59.3 Å². The number of allylic oxidation sites excluding steroid dienone is 2. The van der Waals surface area contributed by atoms with Crippen molar-refractivity contribution in [3.63, 3.8) is 0 Å². The number of ketones is 1. The smallest absolute Gasteiger partial charge is 0.306 e. The Bertz CT molecular complexity index is 918. The molecule has 2 aliphatic carbocycles. The summed E-state index contributed by atoms with van der Waals surface area (Å²) in [6.45, 7) is 9.61. The summed E-state index contributed by atoms with van der Waals surface area (Å²) in [7, 11) is 0. The van der Waals surface area contributed by atoms with E-state index in [9.17, 15) is 29.4 Å². The molecule has 0 saturated heterocycles. The highest BCUT2D eigenvalue weighted by Gasteiger charge is 2.55. The molecule has 0 bridgehead atoms. The molecule has 1 heterocycles. The second kappa shape index (κ2) is 9.75. The number of carbonyl (C=O) groups excluding carboxylic acids is 3. The fourth-order valence-corrected chi connectivity index (χ4v) is 6.13. The fourth-order valence-electron chi connectivity index (χ4n) is 6.13. The average molecular weight is 458 g/mol. The number of aliphatic carboxylic acids is 1. The van der Waals surface area contributed by atoms with E-state index >= 15 is 0 Å². The van der Waals surface area contributed by atoms with Crippen LogP contribution in [-0.4, -0.2) is 39.4 Å². The van der Waals surface area contributed by atoms with Crippen molar-refractivity contribution in [2.45, 2.75) is 64.9 Å². The minimum absolute atomic E-state index is 0.0215. The maximum atomic E-state index is 13.9. The molecule has 0 aromatic carbocycles. The van der Waals surface area contributed by atoms with Gasteiger partial charge in [-0.15, -0.1) is 6.58 Å². The maximum absolute atomic E-state index is 13.9. The molecule has 0 spiro atoms. The van der Waals surface area contributed by atoms with Gasteiger partial charge < -0.3 is 10.2 Å². The molecular formula is C26H35NO6. The molecule has 180 valence electrons. The van der Waals surface area contributed by atoms with E-state index in [1.165, 1.54) is 0 Å². The zero-order chi connectivity index (χ0) is 24.5. The van der Waals surface area contributed by atoms with Crippen LogP contribution in [0.5, 0.6) is 0 Å². The lowest BCUT2D eigenvalue weighted by molar-refractivity contribution is -0.155. The summed E-state index contributed by atoms with van der Waals surface area (Å²) in [6.07, 6.45) is 8.79. The molecular weight excluding hydrogens is 422 g/mol. The standard InChI is InChI=1S/C26H35NO6/c1-5-7-8-9-16(6-2)19-20(24(30)27-23(19)29)22(28)18-14(3)10-11-26(33)13-17(25(31)32)12-15(4)21(18)26/h6,10-11,14-18,21,33H,2,5,7-9,12-13H2,1,3-4H3,(H,31,32)(H,27,29,30)/t14-,15?,16-,17-,18?,21?,26+/m1/s1. The van der Waals surface area contributed by atoms with Crippen molar-refractivity contribution in [2.75, 3.05) is 0 Å². The second-order valence-electron chi connectivity index (χ2n) is 9.99. The molecule has 1 fully saturated rings. The minimum Gasteiger partial charge on any atom is -0.481 e. The largest absolute Gasteiger partial charge is 0.481 e. The SMILES string of the molecule is C=C[C@H](CCCCC)C1=C(C(=O)C2C3C(C)C[C@@H](C(=O)O)C[C@@]3(O)C=C[C@H]2C)C(=O)NC1=O. The number of nitrogens with one attached hydrogen (secondary N) is 1. The van der Waals surface area contributed by atoms with Gasteiger partial charge in [0.1, 0.15) is 0 Å². The Hall–Kier alpha value is -2.54. The zero-order valence-corrected chi connectivity index (χ0v) is 19.7. The first-order valence-corrected chi connectivity index (χ1v) is 12.0. The minimum atomic E-state index is -1.45. The van der Waals surface area contributed by atoms with Gasteiger partial charge in [-0.1, -0.05) is 58.3 Å². The number of aliphatic hydroxyl groups is 1. The van der Waals surface area contributed by atoms with Crippen LogP contribution in [0.4, 0.5) is 0 Å². The number of hydrogen-bond donors (Lipinski definition) is 3. The Morgan fingerprint density at radius 1 is 1.27 bits per heavy atom. The van der Waals surface area contributed by atoms with Crippen LogP contribution in [0.2, 0.25) is 0 Å². The van der Waals surface area contributed by atoms with Gasteiger partial charge in [0.05, 0.1) is 17.1 Å². The van der Waals surface area contributed by atoms with E-state index in [1.54, 1.807) is 18.2 Å². The summed E-state index contributed by atoms with van der Waals surface area (Å²) in [5.41, 5.74) is -1.40. The molecule has 2 amide bonds. The predicted octanol–water partition coefficient (Wildman–Crippen LogP) is 3.19. The Balaban J connectivity index is 2.02. The zero-order valence-electron chi connectivity index (χ0n) is 19.7. The van der Waals surface area contributed by atoms with Crippen molar-refractivity contribution in [3.8, 4) is 0 Å². The summed E-state index contributed by atoms with van der Waals surface area (Å²) < 4.78 is 0. The van der Waals surface area contributed by atoms with Crippen molar-refractivity contribution >= 4 is 23.6 Å². The van der Waals surface area contributed by atoms with Crippen LogP contribution in [0, 0.1) is 35.5 Å². The lowest BCUT2D eigenvalue weighted by Gasteiger charge is -2.51. The predicted molar refractivity (Wildman–Crippen MR) is 123 cm³/mol. The van der Waals surface area contributed by atoms with E-state index in [0.29, 0.717) is 12.8 Å². The number of unbranched alkanes of at least 4 members (excludes halogenated alkanes) is 2. The van der Waals surface area contributed by atoms with Gasteiger partial charge in [0.15, 0.2) is 5.78 Å². The fraction of sp³-hybridized carbons (Fsp3) is 0.615. The summed E-state index contributed by atoms with van der Waals surface area (Å²) in [5.74, 6) is -5.57. The Morgan fingerprint density at radius 2 is 1.97 bits per heavy atom. The number of carboxylic acids is 1. The van der Waals surface area contributed by atoms with Gasteiger partial charge in [-0.3, -0.25) is 24.5 Å². The second-order valence-corrected chi connectivity index (χ2v) is 9.99. The summed E-state index contributed by atoms with van der Waals surface area (Å²) >= 11 is 0. The van der Waals surface area contributed by atoms with Gasteiger partial charge in [0, 0.05) is 23.3 Å². The van der Waals surface area contributed by atoms with E-state index in [4.69, 9.17) is 0 Å². The molecule has 3 aliphatic rings. The van der Waals surface area contributed by atoms with Gasteiger partial charge >= 0.3 is 5.97 Å². The molecule has 3 unspecified atom stereocenters. The van der Waals surface area contributed by atoms with Crippen LogP contribution in [0.3, 0.4) is 0 Å². The lowest BCUT2D eigenvalue weighted by atomic mass is 9.55. The van der Waals surface area contributed by atoms with Gasteiger partial charge in [-0.2, -0.15) is 0 Å². The molecule has 3 rings (SSSR count). The van der Waals surface area contributed by atoms with E-state index in [2.05, 4.69) is 18.8 Å². The summed E-state index contributed by atoms with van der Waals surface area (Å²) in [4.78, 5) is 51.1. The number of hydrogen-bond acceptors (Lipinski definition) is 5. The number of fused-ring (bicyclic) bond motifs is 1. The van der Waals surface area contributed by atoms with Crippen LogP contribution in [0.25, 0.3) is 0 Å². The first kappa shape index (κ1) is 25.1. The van der Waals surface area contributed by atoms with E-state index in [0.717, 1.165) is 19.3 Å². The third-order valence-electron chi connectivity index (χ3n) is 7.70. The van der Waals surface area contributed by atoms with Gasteiger partial charge in [-0.05, 0) is 31.1 Å². The van der Waals surface area contributed by atoms with Crippen molar-refractivity contribution in [1.82, 2.24) is 5.32 Å². The third-order valence-corrected chi connectivity index (χ3v) is 7.70. The van der Waals surface area contributed by atoms with Crippen LogP contribution >= 0.6 is 0 Å². The third kappa shape index (κ3) is 4.60. The van der Waals surface area contributed by atoms with Gasteiger partial charge in [-0.25, -0.2) is 0 Å². The average Bonchev–Trinajstić information content (AvgIpc) is 3.05. The van der Waals surface area contributed by atoms with Crippen molar-refractivity contribution in [2.24, 2.45) is 35.5 Å². The molecule has 0 aromatic heterocycles. The molecule has 33 heavy (non-hydrogen) atoms. The molecule has 0 radical (unpaired) electrons. The first-order valence-electron chi connectivity index (χ1n) is 12.0. The number of rotatable bonds is 9. The highest BCUT2D eigenvalue weighted by molar-refractivity contribution is 6.33. The Kier molecular flexibility index (Phi) is 7.42. The lowest BCUT2D eigenvalue weighted by Crippen LogP contribution is -2.55. The molecule has 0 aromatic rings. The van der Waals surface area contributed by atoms with Crippen molar-refractivity contribution in [3.05, 3.63) is 36.0 Å². The number of imide groups is 1. The maximum Gasteiger partial charge on any atom is 0.306 e. The number of carbonyl (C=O) groups is 4. The summed E-state index contributed by atoms with van der Waals surface area (Å²) in [5, 5.41) is 23.3. The molecule has 7 heteroatoms. The molecule has 1 aliphatic heterocycles. The molecule has 7 atom stereocenters. The summed E-state index contributed by atoms with van der Waals surface area (Å²) in [6, 6.07) is 0. The number of amides is 2. The van der Waals surface area contributed by atoms with Gasteiger partial charge in [0.25, 0.3) is 11.8 Å². The molecule has 3 N–H and O–H groups in total. The van der Waals surface area contributed by atoms with Crippen molar-refractivity contribution in [1.29, 1.82) is 0 Å². The normalized spacial score (nSPS) is 34.6. The molecule has 1 saturated carbocycles. The first-order chi connectivity index (χ1) is 15.6. The Morgan fingerprint density at radius 3 is 2.58 bits per heavy atom. The topological polar surface area (TPSA) is 121 Å².